The highest BCUT2D eigenvalue weighted by atomic mass is 16.5. The molecule has 128 valence electrons. The second kappa shape index (κ2) is 7.19. The molecule has 25 heavy (non-hydrogen) atoms. The van der Waals surface area contributed by atoms with E-state index in [0.717, 1.165) is 11.4 Å². The predicted octanol–water partition coefficient (Wildman–Crippen LogP) is 1.87. The van der Waals surface area contributed by atoms with Gasteiger partial charge in [-0.05, 0) is 48.6 Å². The first-order chi connectivity index (χ1) is 12.1. The maximum Gasteiger partial charge on any atom is 0.188 e. The number of carbonyl (C=O) groups is 2. The molecule has 0 spiro atoms. The summed E-state index contributed by atoms with van der Waals surface area (Å²) in [6.07, 6.45) is 5.83. The molecule has 0 amide bonds. The van der Waals surface area contributed by atoms with Crippen LogP contribution in [0.2, 0.25) is 0 Å². The summed E-state index contributed by atoms with van der Waals surface area (Å²) in [5, 5.41) is 3.16. The fraction of sp³-hybridized carbons (Fsp3) is 0.158. The second-order valence-electron chi connectivity index (χ2n) is 5.50. The Morgan fingerprint density at radius 1 is 0.920 bits per heavy atom. The van der Waals surface area contributed by atoms with Crippen molar-refractivity contribution >= 4 is 17.3 Å². The van der Waals surface area contributed by atoms with E-state index in [4.69, 9.17) is 15.2 Å². The standard InChI is InChI=1S/C19H18N2O4/c1-24-10-11-25-13-4-2-12(3-5-13)21-15-7-9-16(22)18-14(20)6-8-17(23)19(15)18/h2-9,21H,10-11,20H2,1H3. The van der Waals surface area contributed by atoms with Crippen molar-refractivity contribution in [1.29, 1.82) is 0 Å². The van der Waals surface area contributed by atoms with Crippen LogP contribution in [0.3, 0.4) is 0 Å². The van der Waals surface area contributed by atoms with Crippen LogP contribution in [0.15, 0.2) is 71.1 Å². The summed E-state index contributed by atoms with van der Waals surface area (Å²) in [6.45, 7) is 0.985. The number of fused-ring (bicyclic) bond motifs is 1. The molecule has 3 N–H and O–H groups in total. The van der Waals surface area contributed by atoms with E-state index in [1.165, 1.54) is 18.2 Å². The molecule has 0 aliphatic heterocycles. The summed E-state index contributed by atoms with van der Waals surface area (Å²) >= 11 is 0. The van der Waals surface area contributed by atoms with Gasteiger partial charge in [0.1, 0.15) is 12.4 Å². The van der Waals surface area contributed by atoms with Gasteiger partial charge in [-0.25, -0.2) is 0 Å². The lowest BCUT2D eigenvalue weighted by Crippen LogP contribution is -2.24. The number of allylic oxidation sites excluding steroid dienone is 6. The lowest BCUT2D eigenvalue weighted by Gasteiger charge is -2.21. The number of methoxy groups -OCH3 is 1. The predicted molar refractivity (Wildman–Crippen MR) is 94.0 cm³/mol. The third kappa shape index (κ3) is 3.54. The fourth-order valence-corrected chi connectivity index (χ4v) is 2.60. The second-order valence-corrected chi connectivity index (χ2v) is 5.50. The minimum Gasteiger partial charge on any atom is -0.491 e. The topological polar surface area (TPSA) is 90.7 Å². The summed E-state index contributed by atoms with van der Waals surface area (Å²) in [5.74, 6) is 0.206. The maximum absolute atomic E-state index is 12.2. The number of nitrogens with one attached hydrogen (secondary N) is 1. The Bertz CT molecular complexity index is 829. The number of ether oxygens (including phenoxy) is 2. The molecule has 0 bridgehead atoms. The zero-order chi connectivity index (χ0) is 17.8. The van der Waals surface area contributed by atoms with Crippen LogP contribution in [0.5, 0.6) is 5.75 Å². The fourth-order valence-electron chi connectivity index (χ4n) is 2.60. The van der Waals surface area contributed by atoms with Gasteiger partial charge in [0.15, 0.2) is 11.6 Å². The molecule has 0 heterocycles. The third-order valence-corrected chi connectivity index (χ3v) is 3.81. The highest BCUT2D eigenvalue weighted by Gasteiger charge is 2.29. The average molecular weight is 338 g/mol. The van der Waals surface area contributed by atoms with E-state index in [2.05, 4.69) is 5.32 Å². The number of ketones is 2. The van der Waals surface area contributed by atoms with E-state index in [1.807, 2.05) is 24.3 Å². The molecule has 1 aromatic carbocycles. The number of anilines is 1. The number of hydrogen-bond donors (Lipinski definition) is 2. The van der Waals surface area contributed by atoms with E-state index in [1.54, 1.807) is 13.2 Å². The molecule has 0 aromatic heterocycles. The number of carbonyl (C=O) groups excluding carboxylic acids is 2. The molecule has 6 nitrogen and oxygen atoms in total. The molecule has 0 unspecified atom stereocenters. The average Bonchev–Trinajstić information content (AvgIpc) is 2.61. The van der Waals surface area contributed by atoms with E-state index in [-0.39, 0.29) is 17.1 Å². The molecule has 0 radical (unpaired) electrons. The third-order valence-electron chi connectivity index (χ3n) is 3.81. The van der Waals surface area contributed by atoms with Crippen molar-refractivity contribution in [3.05, 3.63) is 71.1 Å². The molecule has 2 aliphatic rings. The summed E-state index contributed by atoms with van der Waals surface area (Å²) in [5.41, 5.74) is 8.02. The molecule has 0 saturated heterocycles. The monoisotopic (exact) mass is 338 g/mol. The quantitative estimate of drug-likeness (QED) is 0.770. The summed E-state index contributed by atoms with van der Waals surface area (Å²) in [6, 6.07) is 7.29. The Balaban J connectivity index is 1.82. The van der Waals surface area contributed by atoms with Crippen LogP contribution < -0.4 is 15.8 Å². The van der Waals surface area contributed by atoms with Gasteiger partial charge in [0.2, 0.25) is 0 Å². The van der Waals surface area contributed by atoms with Crippen LogP contribution >= 0.6 is 0 Å². The van der Waals surface area contributed by atoms with E-state index in [0.29, 0.717) is 30.2 Å². The zero-order valence-electron chi connectivity index (χ0n) is 13.7. The highest BCUT2D eigenvalue weighted by molar-refractivity contribution is 6.23. The largest absolute Gasteiger partial charge is 0.491 e. The normalized spacial score (nSPS) is 16.4. The molecular weight excluding hydrogens is 320 g/mol. The molecular formula is C19H18N2O4. The Hall–Kier alpha value is -3.12. The Morgan fingerprint density at radius 2 is 1.60 bits per heavy atom. The summed E-state index contributed by atoms with van der Waals surface area (Å²) in [4.78, 5) is 24.3. The van der Waals surface area contributed by atoms with Crippen molar-refractivity contribution in [2.24, 2.45) is 5.73 Å². The van der Waals surface area contributed by atoms with Gasteiger partial charge in [-0.1, -0.05) is 0 Å². The molecule has 0 fully saturated rings. The van der Waals surface area contributed by atoms with Gasteiger partial charge in [-0.15, -0.1) is 0 Å². The first kappa shape index (κ1) is 16.7. The number of rotatable bonds is 6. The van der Waals surface area contributed by atoms with Crippen LogP contribution in [0, 0.1) is 0 Å². The van der Waals surface area contributed by atoms with Crippen LogP contribution in [0.1, 0.15) is 0 Å². The van der Waals surface area contributed by atoms with Crippen LogP contribution in [-0.2, 0) is 14.3 Å². The first-order valence-corrected chi connectivity index (χ1v) is 7.78. The Kier molecular flexibility index (Phi) is 4.81. The van der Waals surface area contributed by atoms with Crippen molar-refractivity contribution < 1.29 is 19.1 Å². The van der Waals surface area contributed by atoms with Gasteiger partial charge in [-0.2, -0.15) is 0 Å². The minimum atomic E-state index is -0.266. The van der Waals surface area contributed by atoms with Gasteiger partial charge < -0.3 is 20.5 Å². The van der Waals surface area contributed by atoms with Crippen molar-refractivity contribution in [2.75, 3.05) is 25.6 Å². The number of hydrogen-bond acceptors (Lipinski definition) is 6. The zero-order valence-corrected chi connectivity index (χ0v) is 13.7. The van der Waals surface area contributed by atoms with Gasteiger partial charge in [0.25, 0.3) is 0 Å². The van der Waals surface area contributed by atoms with Gasteiger partial charge in [0.05, 0.1) is 23.5 Å². The minimum absolute atomic E-state index is 0.246. The Labute approximate surface area is 145 Å². The van der Waals surface area contributed by atoms with Crippen LogP contribution in [0.25, 0.3) is 0 Å². The first-order valence-electron chi connectivity index (χ1n) is 7.78. The lowest BCUT2D eigenvalue weighted by atomic mass is 9.86. The summed E-state index contributed by atoms with van der Waals surface area (Å²) < 4.78 is 10.4. The van der Waals surface area contributed by atoms with Crippen molar-refractivity contribution in [2.45, 2.75) is 0 Å². The van der Waals surface area contributed by atoms with Crippen molar-refractivity contribution in [1.82, 2.24) is 0 Å². The van der Waals surface area contributed by atoms with Gasteiger partial charge in [0, 0.05) is 18.5 Å². The molecule has 1 aromatic rings. The SMILES string of the molecule is COCCOc1ccc(NC2=C3C(=O)C=CC(N)=C3C(=O)C=C2)cc1. The van der Waals surface area contributed by atoms with Gasteiger partial charge in [-0.3, -0.25) is 9.59 Å². The molecule has 3 rings (SSSR count). The lowest BCUT2D eigenvalue weighted by molar-refractivity contribution is -0.114. The van der Waals surface area contributed by atoms with Crippen molar-refractivity contribution in [3.63, 3.8) is 0 Å². The van der Waals surface area contributed by atoms with Crippen LogP contribution in [-0.4, -0.2) is 31.9 Å². The maximum atomic E-state index is 12.2. The number of benzene rings is 1. The van der Waals surface area contributed by atoms with Crippen LogP contribution in [0.4, 0.5) is 5.69 Å². The van der Waals surface area contributed by atoms with E-state index >= 15 is 0 Å². The molecule has 0 saturated carbocycles. The van der Waals surface area contributed by atoms with Gasteiger partial charge >= 0.3 is 0 Å². The Morgan fingerprint density at radius 3 is 2.32 bits per heavy atom. The summed E-state index contributed by atoms with van der Waals surface area (Å²) in [7, 11) is 1.62. The smallest absolute Gasteiger partial charge is 0.188 e. The van der Waals surface area contributed by atoms with E-state index in [9.17, 15) is 9.59 Å². The molecule has 2 aliphatic carbocycles. The molecule has 6 heteroatoms. The van der Waals surface area contributed by atoms with Crippen molar-refractivity contribution in [3.8, 4) is 5.75 Å². The van der Waals surface area contributed by atoms with E-state index < -0.39 is 0 Å². The molecule has 0 atom stereocenters. The highest BCUT2D eigenvalue weighted by Crippen LogP contribution is 2.29. The number of nitrogens with two attached hydrogens (primary N) is 1.